The number of amides is 2. The van der Waals surface area contributed by atoms with E-state index in [0.717, 1.165) is 4.90 Å². The summed E-state index contributed by atoms with van der Waals surface area (Å²) in [4.78, 5) is 35.5. The van der Waals surface area contributed by atoms with Gasteiger partial charge >= 0.3 is 5.97 Å². The van der Waals surface area contributed by atoms with Crippen LogP contribution in [0.2, 0.25) is 0 Å². The van der Waals surface area contributed by atoms with Gasteiger partial charge in [0.25, 0.3) is 11.8 Å². The van der Waals surface area contributed by atoms with Gasteiger partial charge in [0.1, 0.15) is 5.70 Å². The lowest BCUT2D eigenvalue weighted by Crippen LogP contribution is -2.27. The average Bonchev–Trinajstić information content (AvgIpc) is 2.67. The molecule has 0 aromatic heterocycles. The number of hydrogen-bond acceptors (Lipinski definition) is 5. The molecule has 0 bridgehead atoms. The Hall–Kier alpha value is -2.63. The Morgan fingerprint density at radius 2 is 1.90 bits per heavy atom. The minimum Gasteiger partial charge on any atom is -0.462 e. The number of esters is 1. The van der Waals surface area contributed by atoms with Crippen LogP contribution < -0.4 is 5.32 Å². The zero-order valence-electron chi connectivity index (χ0n) is 11.2. The zero-order chi connectivity index (χ0) is 14.7. The van der Waals surface area contributed by atoms with E-state index in [-0.39, 0.29) is 17.5 Å². The quantitative estimate of drug-likeness (QED) is 0.658. The van der Waals surface area contributed by atoms with Crippen molar-refractivity contribution in [3.05, 3.63) is 41.6 Å². The van der Waals surface area contributed by atoms with Crippen molar-refractivity contribution in [3.63, 3.8) is 0 Å². The number of carbonyl (C=O) groups excluding carboxylic acids is 3. The Labute approximate surface area is 116 Å². The Morgan fingerprint density at radius 1 is 1.25 bits per heavy atom. The van der Waals surface area contributed by atoms with Gasteiger partial charge in [-0.3, -0.25) is 14.5 Å². The van der Waals surface area contributed by atoms with Crippen molar-refractivity contribution in [2.45, 2.75) is 6.92 Å². The summed E-state index contributed by atoms with van der Waals surface area (Å²) >= 11 is 0. The average molecular weight is 274 g/mol. The third kappa shape index (κ3) is 2.69. The van der Waals surface area contributed by atoms with Crippen molar-refractivity contribution in [2.24, 2.45) is 0 Å². The lowest BCUT2D eigenvalue weighted by Gasteiger charge is -2.09. The van der Waals surface area contributed by atoms with Gasteiger partial charge in [0.2, 0.25) is 0 Å². The molecule has 104 valence electrons. The molecule has 0 fully saturated rings. The van der Waals surface area contributed by atoms with Crippen LogP contribution >= 0.6 is 0 Å². The zero-order valence-corrected chi connectivity index (χ0v) is 11.2. The lowest BCUT2D eigenvalue weighted by atomic mass is 10.2. The predicted molar refractivity (Wildman–Crippen MR) is 71.9 cm³/mol. The number of ether oxygens (including phenoxy) is 1. The second kappa shape index (κ2) is 5.56. The number of rotatable bonds is 4. The Balaban J connectivity index is 2.09. The van der Waals surface area contributed by atoms with E-state index < -0.39 is 5.97 Å². The molecule has 20 heavy (non-hydrogen) atoms. The second-order valence-corrected chi connectivity index (χ2v) is 4.18. The normalized spacial score (nSPS) is 14.3. The van der Waals surface area contributed by atoms with Gasteiger partial charge in [0.15, 0.2) is 0 Å². The second-order valence-electron chi connectivity index (χ2n) is 4.18. The molecule has 2 amide bonds. The summed E-state index contributed by atoms with van der Waals surface area (Å²) in [6.45, 7) is 2.05. The van der Waals surface area contributed by atoms with Crippen LogP contribution in [0.1, 0.15) is 17.3 Å². The number of anilines is 1. The number of carbonyl (C=O) groups is 3. The molecule has 0 atom stereocenters. The number of imide groups is 1. The van der Waals surface area contributed by atoms with Gasteiger partial charge in [-0.25, -0.2) is 4.79 Å². The third-order valence-electron chi connectivity index (χ3n) is 2.81. The summed E-state index contributed by atoms with van der Waals surface area (Å²) in [5, 5.41) is 2.85. The highest BCUT2D eigenvalue weighted by atomic mass is 16.5. The first-order chi connectivity index (χ1) is 9.52. The molecule has 0 spiro atoms. The molecule has 1 N–H and O–H groups in total. The van der Waals surface area contributed by atoms with E-state index in [2.05, 4.69) is 5.32 Å². The highest BCUT2D eigenvalue weighted by molar-refractivity contribution is 6.17. The van der Waals surface area contributed by atoms with E-state index >= 15 is 0 Å². The van der Waals surface area contributed by atoms with Gasteiger partial charge in [-0.15, -0.1) is 0 Å². The molecule has 0 unspecified atom stereocenters. The minimum atomic E-state index is -0.398. The largest absolute Gasteiger partial charge is 0.462 e. The number of nitrogens with zero attached hydrogens (tertiary/aromatic N) is 1. The summed E-state index contributed by atoms with van der Waals surface area (Å²) < 4.78 is 4.87. The predicted octanol–water partition coefficient (Wildman–Crippen LogP) is 1.16. The van der Waals surface area contributed by atoms with Crippen molar-refractivity contribution in [2.75, 3.05) is 19.0 Å². The monoisotopic (exact) mass is 274 g/mol. The molecule has 6 nitrogen and oxygen atoms in total. The summed E-state index contributed by atoms with van der Waals surface area (Å²) in [6.07, 6.45) is 1.24. The first-order valence-electron chi connectivity index (χ1n) is 6.11. The van der Waals surface area contributed by atoms with E-state index in [9.17, 15) is 14.4 Å². The molecular weight excluding hydrogens is 260 g/mol. The van der Waals surface area contributed by atoms with E-state index in [1.54, 1.807) is 31.2 Å². The van der Waals surface area contributed by atoms with Gasteiger partial charge in [-0.2, -0.15) is 0 Å². The molecule has 2 rings (SSSR count). The molecule has 0 aliphatic carbocycles. The van der Waals surface area contributed by atoms with Crippen molar-refractivity contribution < 1.29 is 19.1 Å². The number of benzene rings is 1. The van der Waals surface area contributed by atoms with Crippen LogP contribution in [0.5, 0.6) is 0 Å². The Bertz CT molecular complexity index is 590. The molecule has 0 radical (unpaired) electrons. The van der Waals surface area contributed by atoms with Crippen molar-refractivity contribution in [1.82, 2.24) is 4.90 Å². The Kier molecular flexibility index (Phi) is 3.84. The van der Waals surface area contributed by atoms with Crippen molar-refractivity contribution in [1.29, 1.82) is 0 Å². The summed E-state index contributed by atoms with van der Waals surface area (Å²) in [5.74, 6) is -1.14. The molecule has 6 heteroatoms. The molecule has 1 heterocycles. The molecule has 0 saturated carbocycles. The standard InChI is InChI=1S/C14H14N2O4/c1-3-20-14(19)9-4-6-10(7-5-9)15-11-8-12(17)16(2)13(11)18/h4-8,15H,3H2,1-2H3. The highest BCUT2D eigenvalue weighted by Gasteiger charge is 2.27. The fourth-order valence-corrected chi connectivity index (χ4v) is 1.71. The van der Waals surface area contributed by atoms with Gasteiger partial charge in [-0.05, 0) is 31.2 Å². The molecular formula is C14H14N2O4. The van der Waals surface area contributed by atoms with Crippen molar-refractivity contribution in [3.8, 4) is 0 Å². The van der Waals surface area contributed by atoms with Gasteiger partial charge < -0.3 is 10.1 Å². The Morgan fingerprint density at radius 3 is 2.40 bits per heavy atom. The van der Waals surface area contributed by atoms with Crippen LogP contribution in [0.4, 0.5) is 5.69 Å². The maximum Gasteiger partial charge on any atom is 0.338 e. The van der Waals surface area contributed by atoms with Crippen molar-refractivity contribution >= 4 is 23.5 Å². The highest BCUT2D eigenvalue weighted by Crippen LogP contribution is 2.17. The third-order valence-corrected chi connectivity index (χ3v) is 2.81. The summed E-state index contributed by atoms with van der Waals surface area (Å²) in [5.41, 5.74) is 1.25. The van der Waals surface area contributed by atoms with Crippen LogP contribution in [0.25, 0.3) is 0 Å². The van der Waals surface area contributed by atoms with E-state index in [4.69, 9.17) is 4.74 Å². The van der Waals surface area contributed by atoms with Crippen LogP contribution in [-0.2, 0) is 14.3 Å². The van der Waals surface area contributed by atoms with Crippen LogP contribution in [0.15, 0.2) is 36.0 Å². The maximum absolute atomic E-state index is 11.7. The maximum atomic E-state index is 11.7. The molecule has 1 aliphatic heterocycles. The topological polar surface area (TPSA) is 75.7 Å². The summed E-state index contributed by atoms with van der Waals surface area (Å²) in [7, 11) is 1.42. The molecule has 0 saturated heterocycles. The lowest BCUT2D eigenvalue weighted by molar-refractivity contribution is -0.135. The number of likely N-dealkylation sites (N-methyl/N-ethyl adjacent to an activating group) is 1. The number of hydrogen-bond donors (Lipinski definition) is 1. The SMILES string of the molecule is CCOC(=O)c1ccc(NC2=CC(=O)N(C)C2=O)cc1. The first kappa shape index (κ1) is 13.8. The molecule has 1 aromatic rings. The van der Waals surface area contributed by atoms with E-state index in [1.807, 2.05) is 0 Å². The van der Waals surface area contributed by atoms with Gasteiger partial charge in [-0.1, -0.05) is 0 Å². The molecule has 1 aliphatic rings. The van der Waals surface area contributed by atoms with E-state index in [0.29, 0.717) is 17.9 Å². The molecule has 1 aromatic carbocycles. The van der Waals surface area contributed by atoms with Crippen LogP contribution in [-0.4, -0.2) is 36.3 Å². The van der Waals surface area contributed by atoms with Crippen LogP contribution in [0.3, 0.4) is 0 Å². The first-order valence-corrected chi connectivity index (χ1v) is 6.11. The smallest absolute Gasteiger partial charge is 0.338 e. The minimum absolute atomic E-state index is 0.210. The fraction of sp³-hybridized carbons (Fsp3) is 0.214. The van der Waals surface area contributed by atoms with Gasteiger partial charge in [0, 0.05) is 18.8 Å². The van der Waals surface area contributed by atoms with Crippen LogP contribution in [0, 0.1) is 0 Å². The van der Waals surface area contributed by atoms with E-state index in [1.165, 1.54) is 13.1 Å². The van der Waals surface area contributed by atoms with Gasteiger partial charge in [0.05, 0.1) is 12.2 Å². The number of nitrogens with one attached hydrogen (secondary N) is 1. The fourth-order valence-electron chi connectivity index (χ4n) is 1.71. The summed E-state index contributed by atoms with van der Waals surface area (Å²) in [6, 6.07) is 6.46.